The van der Waals surface area contributed by atoms with E-state index in [0.29, 0.717) is 12.4 Å². The lowest BCUT2D eigenvalue weighted by Crippen LogP contribution is -2.20. The van der Waals surface area contributed by atoms with E-state index in [2.05, 4.69) is 32.9 Å². The van der Waals surface area contributed by atoms with Gasteiger partial charge in [0.25, 0.3) is 0 Å². The third-order valence-corrected chi connectivity index (χ3v) is 5.06. The summed E-state index contributed by atoms with van der Waals surface area (Å²) in [6.45, 7) is 6.86. The zero-order valence-corrected chi connectivity index (χ0v) is 16.0. The van der Waals surface area contributed by atoms with Crippen molar-refractivity contribution in [2.75, 3.05) is 12.4 Å². The Morgan fingerprint density at radius 3 is 2.25 bits per heavy atom. The molecule has 0 fully saturated rings. The largest absolute Gasteiger partial charge is 0.491 e. The third kappa shape index (κ3) is 6.39. The summed E-state index contributed by atoms with van der Waals surface area (Å²) in [5, 5.41) is 10.8. The van der Waals surface area contributed by atoms with Crippen molar-refractivity contribution in [3.63, 3.8) is 0 Å². The van der Waals surface area contributed by atoms with Crippen molar-refractivity contribution in [1.82, 2.24) is 0 Å². The van der Waals surface area contributed by atoms with E-state index in [0.717, 1.165) is 16.5 Å². The first-order valence-corrected chi connectivity index (χ1v) is 9.61. The second kappa shape index (κ2) is 8.80. The second-order valence-corrected chi connectivity index (χ2v) is 8.35. The number of aliphatic hydroxyl groups excluding tert-OH is 1. The van der Waals surface area contributed by atoms with Crippen LogP contribution in [0.3, 0.4) is 0 Å². The van der Waals surface area contributed by atoms with Crippen LogP contribution in [0.15, 0.2) is 48.5 Å². The van der Waals surface area contributed by atoms with Crippen molar-refractivity contribution >= 4 is 23.4 Å². The Kier molecular flexibility index (Phi) is 7.02. The molecule has 1 N–H and O–H groups in total. The average molecular weight is 365 g/mol. The fourth-order valence-corrected chi connectivity index (χ4v) is 3.23. The van der Waals surface area contributed by atoms with E-state index in [1.807, 2.05) is 36.4 Å². The van der Waals surface area contributed by atoms with Gasteiger partial charge in [0.05, 0.1) is 6.10 Å². The molecular formula is C20H25ClO2S. The summed E-state index contributed by atoms with van der Waals surface area (Å²) in [5.41, 5.74) is 2.61. The SMILES string of the molecule is CC(C)(C)c1ccc(OC[C@H](O)CSCc2ccc(Cl)cc2)cc1. The third-order valence-electron chi connectivity index (χ3n) is 3.65. The Morgan fingerprint density at radius 2 is 1.67 bits per heavy atom. The number of hydrogen-bond donors (Lipinski definition) is 1. The molecule has 0 aliphatic heterocycles. The topological polar surface area (TPSA) is 29.5 Å². The van der Waals surface area contributed by atoms with E-state index >= 15 is 0 Å². The molecule has 1 atom stereocenters. The molecule has 4 heteroatoms. The molecular weight excluding hydrogens is 340 g/mol. The molecule has 2 aromatic rings. The summed E-state index contributed by atoms with van der Waals surface area (Å²) < 4.78 is 5.67. The van der Waals surface area contributed by atoms with Crippen molar-refractivity contribution in [2.45, 2.75) is 38.0 Å². The molecule has 0 unspecified atom stereocenters. The van der Waals surface area contributed by atoms with Gasteiger partial charge in [-0.15, -0.1) is 0 Å². The van der Waals surface area contributed by atoms with E-state index in [1.54, 1.807) is 11.8 Å². The molecule has 0 spiro atoms. The fraction of sp³-hybridized carbons (Fsp3) is 0.400. The van der Waals surface area contributed by atoms with E-state index in [9.17, 15) is 5.11 Å². The van der Waals surface area contributed by atoms with Crippen molar-refractivity contribution in [2.24, 2.45) is 0 Å². The number of halogens is 1. The molecule has 0 aliphatic carbocycles. The van der Waals surface area contributed by atoms with Crippen LogP contribution in [0.1, 0.15) is 31.9 Å². The van der Waals surface area contributed by atoms with Gasteiger partial charge in [-0.1, -0.05) is 56.6 Å². The van der Waals surface area contributed by atoms with Gasteiger partial charge in [-0.05, 0) is 40.8 Å². The molecule has 0 heterocycles. The summed E-state index contributed by atoms with van der Waals surface area (Å²) in [6.07, 6.45) is -0.482. The molecule has 130 valence electrons. The smallest absolute Gasteiger partial charge is 0.119 e. The average Bonchev–Trinajstić information content (AvgIpc) is 2.54. The minimum Gasteiger partial charge on any atom is -0.491 e. The van der Waals surface area contributed by atoms with Gasteiger partial charge in [0.2, 0.25) is 0 Å². The van der Waals surface area contributed by atoms with Crippen molar-refractivity contribution in [3.05, 3.63) is 64.7 Å². The fourth-order valence-electron chi connectivity index (χ4n) is 2.19. The molecule has 0 aromatic heterocycles. The maximum atomic E-state index is 10.0. The Bertz CT molecular complexity index is 618. The number of ether oxygens (including phenoxy) is 1. The Labute approximate surface area is 154 Å². The maximum absolute atomic E-state index is 10.0. The first-order valence-electron chi connectivity index (χ1n) is 8.08. The lowest BCUT2D eigenvalue weighted by atomic mass is 9.87. The number of aliphatic hydroxyl groups is 1. The van der Waals surface area contributed by atoms with E-state index in [-0.39, 0.29) is 5.41 Å². The number of thioether (sulfide) groups is 1. The van der Waals surface area contributed by atoms with Gasteiger partial charge in [-0.25, -0.2) is 0 Å². The Balaban J connectivity index is 1.71. The zero-order chi connectivity index (χ0) is 17.6. The van der Waals surface area contributed by atoms with Gasteiger partial charge >= 0.3 is 0 Å². The molecule has 0 radical (unpaired) electrons. The van der Waals surface area contributed by atoms with E-state index in [4.69, 9.17) is 16.3 Å². The van der Waals surface area contributed by atoms with Crippen molar-refractivity contribution < 1.29 is 9.84 Å². The number of benzene rings is 2. The van der Waals surface area contributed by atoms with Crippen LogP contribution in [0, 0.1) is 0 Å². The van der Waals surface area contributed by atoms with Crippen LogP contribution in [0.2, 0.25) is 5.02 Å². The molecule has 0 bridgehead atoms. The monoisotopic (exact) mass is 364 g/mol. The van der Waals surface area contributed by atoms with Gasteiger partial charge in [-0.2, -0.15) is 11.8 Å². The molecule has 2 aromatic carbocycles. The van der Waals surface area contributed by atoms with Crippen LogP contribution in [-0.2, 0) is 11.2 Å². The van der Waals surface area contributed by atoms with Crippen LogP contribution in [0.5, 0.6) is 5.75 Å². The molecule has 0 saturated carbocycles. The predicted molar refractivity (Wildman–Crippen MR) is 104 cm³/mol. The van der Waals surface area contributed by atoms with E-state index < -0.39 is 6.10 Å². The lowest BCUT2D eigenvalue weighted by Gasteiger charge is -2.19. The van der Waals surface area contributed by atoms with Crippen LogP contribution in [0.4, 0.5) is 0 Å². The minimum absolute atomic E-state index is 0.135. The molecule has 0 aliphatic rings. The summed E-state index contributed by atoms with van der Waals surface area (Å²) in [6, 6.07) is 15.9. The molecule has 24 heavy (non-hydrogen) atoms. The number of rotatable bonds is 7. The molecule has 0 saturated heterocycles. The van der Waals surface area contributed by atoms with E-state index in [1.165, 1.54) is 11.1 Å². The molecule has 2 rings (SSSR count). The van der Waals surface area contributed by atoms with Gasteiger partial charge in [-0.3, -0.25) is 0 Å². The molecule has 0 amide bonds. The normalized spacial score (nSPS) is 12.9. The highest BCUT2D eigenvalue weighted by Crippen LogP contribution is 2.24. The van der Waals surface area contributed by atoms with Gasteiger partial charge in [0, 0.05) is 16.5 Å². The van der Waals surface area contributed by atoms with Crippen LogP contribution in [0.25, 0.3) is 0 Å². The standard InChI is InChI=1S/C20H25ClO2S/c1-20(2,3)16-6-10-19(11-7-16)23-12-18(22)14-24-13-15-4-8-17(21)9-5-15/h4-11,18,22H,12-14H2,1-3H3/t18-/m0/s1. The first kappa shape index (κ1) is 19.2. The Hall–Kier alpha value is -1.16. The van der Waals surface area contributed by atoms with Crippen molar-refractivity contribution in [3.8, 4) is 5.75 Å². The maximum Gasteiger partial charge on any atom is 0.119 e. The summed E-state index contributed by atoms with van der Waals surface area (Å²) in [4.78, 5) is 0. The quantitative estimate of drug-likeness (QED) is 0.721. The molecule has 2 nitrogen and oxygen atoms in total. The first-order chi connectivity index (χ1) is 11.3. The van der Waals surface area contributed by atoms with Crippen LogP contribution >= 0.6 is 23.4 Å². The Morgan fingerprint density at radius 1 is 1.04 bits per heavy atom. The summed E-state index contributed by atoms with van der Waals surface area (Å²) in [7, 11) is 0. The predicted octanol–water partition coefficient (Wildman–Crippen LogP) is 5.31. The van der Waals surface area contributed by atoms with Crippen molar-refractivity contribution in [1.29, 1.82) is 0 Å². The van der Waals surface area contributed by atoms with Gasteiger partial charge in [0.1, 0.15) is 12.4 Å². The van der Waals surface area contributed by atoms with Crippen LogP contribution < -0.4 is 4.74 Å². The lowest BCUT2D eigenvalue weighted by molar-refractivity contribution is 0.126. The minimum atomic E-state index is -0.482. The van der Waals surface area contributed by atoms with Crippen LogP contribution in [-0.4, -0.2) is 23.6 Å². The zero-order valence-electron chi connectivity index (χ0n) is 14.5. The highest BCUT2D eigenvalue weighted by Gasteiger charge is 2.13. The summed E-state index contributed by atoms with van der Waals surface area (Å²) >= 11 is 7.56. The van der Waals surface area contributed by atoms with Gasteiger partial charge in [0.15, 0.2) is 0 Å². The van der Waals surface area contributed by atoms with Gasteiger partial charge < -0.3 is 9.84 Å². The summed E-state index contributed by atoms with van der Waals surface area (Å²) in [5.74, 6) is 2.29. The number of hydrogen-bond acceptors (Lipinski definition) is 3. The second-order valence-electron chi connectivity index (χ2n) is 6.88. The highest BCUT2D eigenvalue weighted by atomic mass is 35.5. The highest BCUT2D eigenvalue weighted by molar-refractivity contribution is 7.98.